The smallest absolute Gasteiger partial charge is 0.233 e. The lowest BCUT2D eigenvalue weighted by Crippen LogP contribution is -2.41. The Kier molecular flexibility index (Phi) is 5.88. The number of carbonyl (C=O) groups is 1. The normalized spacial score (nSPS) is 14.8. The van der Waals surface area contributed by atoms with Gasteiger partial charge in [0.15, 0.2) is 0 Å². The van der Waals surface area contributed by atoms with Crippen LogP contribution in [0.25, 0.3) is 0 Å². The van der Waals surface area contributed by atoms with Gasteiger partial charge in [-0.2, -0.15) is 0 Å². The van der Waals surface area contributed by atoms with Crippen molar-refractivity contribution in [3.05, 3.63) is 30.3 Å². The summed E-state index contributed by atoms with van der Waals surface area (Å²) in [6.07, 6.45) is -0.537. The van der Waals surface area contributed by atoms with Gasteiger partial charge in [-0.3, -0.25) is 4.79 Å². The van der Waals surface area contributed by atoms with Crippen LogP contribution in [-0.2, 0) is 4.79 Å². The molecule has 0 aliphatic carbocycles. The van der Waals surface area contributed by atoms with E-state index in [0.717, 1.165) is 4.90 Å². The summed E-state index contributed by atoms with van der Waals surface area (Å²) >= 11 is 1.52. The molecule has 1 amide bonds. The van der Waals surface area contributed by atoms with Crippen LogP contribution < -0.4 is 5.32 Å². The number of amides is 1. The maximum atomic E-state index is 11.9. The molecule has 0 aliphatic rings. The minimum atomic E-state index is -0.537. The fourth-order valence-corrected chi connectivity index (χ4v) is 2.32. The minimum Gasteiger partial charge on any atom is -0.391 e. The van der Waals surface area contributed by atoms with Crippen molar-refractivity contribution in [1.82, 2.24) is 5.32 Å². The Hall–Kier alpha value is -1.00. The molecule has 0 saturated heterocycles. The molecule has 4 heteroatoms. The van der Waals surface area contributed by atoms with Gasteiger partial charge in [0.05, 0.1) is 11.4 Å². The Morgan fingerprint density at radius 1 is 1.32 bits per heavy atom. The predicted octanol–water partition coefficient (Wildman–Crippen LogP) is 2.69. The first-order valence-corrected chi connectivity index (χ1v) is 7.36. The van der Waals surface area contributed by atoms with E-state index in [1.165, 1.54) is 11.8 Å². The van der Waals surface area contributed by atoms with Gasteiger partial charge in [-0.25, -0.2) is 0 Å². The molecular formula is C15H23NO2S. The molecule has 0 aliphatic heterocycles. The zero-order valence-corrected chi connectivity index (χ0v) is 12.8. The average molecular weight is 281 g/mol. The first kappa shape index (κ1) is 16.1. The third-order valence-electron chi connectivity index (χ3n) is 2.89. The van der Waals surface area contributed by atoms with E-state index in [2.05, 4.69) is 5.32 Å². The second-order valence-electron chi connectivity index (χ2n) is 5.70. The number of aliphatic hydroxyl groups is 1. The van der Waals surface area contributed by atoms with Crippen LogP contribution in [0, 0.1) is 5.41 Å². The SMILES string of the molecule is CC(Sc1ccccc1)C(=O)NCC(O)C(C)(C)C. The van der Waals surface area contributed by atoms with Crippen molar-refractivity contribution in [2.24, 2.45) is 5.41 Å². The highest BCUT2D eigenvalue weighted by molar-refractivity contribution is 8.00. The molecular weight excluding hydrogens is 258 g/mol. The van der Waals surface area contributed by atoms with Gasteiger partial charge in [0.1, 0.15) is 0 Å². The maximum Gasteiger partial charge on any atom is 0.233 e. The van der Waals surface area contributed by atoms with Gasteiger partial charge >= 0.3 is 0 Å². The van der Waals surface area contributed by atoms with E-state index in [9.17, 15) is 9.90 Å². The Labute approximate surface area is 119 Å². The molecule has 0 fully saturated rings. The van der Waals surface area contributed by atoms with Crippen molar-refractivity contribution < 1.29 is 9.90 Å². The quantitative estimate of drug-likeness (QED) is 0.816. The highest BCUT2D eigenvalue weighted by Gasteiger charge is 2.23. The van der Waals surface area contributed by atoms with Crippen LogP contribution in [-0.4, -0.2) is 28.9 Å². The largest absolute Gasteiger partial charge is 0.391 e. The zero-order chi connectivity index (χ0) is 14.5. The first-order valence-electron chi connectivity index (χ1n) is 6.48. The Bertz CT molecular complexity index is 400. The van der Waals surface area contributed by atoms with Crippen molar-refractivity contribution in [3.63, 3.8) is 0 Å². The lowest BCUT2D eigenvalue weighted by atomic mass is 9.89. The van der Waals surface area contributed by atoms with Gasteiger partial charge in [-0.1, -0.05) is 39.0 Å². The average Bonchev–Trinajstić information content (AvgIpc) is 2.35. The molecule has 0 spiro atoms. The van der Waals surface area contributed by atoms with Crippen LogP contribution in [0.2, 0.25) is 0 Å². The predicted molar refractivity (Wildman–Crippen MR) is 80.2 cm³/mol. The van der Waals surface area contributed by atoms with Crippen LogP contribution in [0.1, 0.15) is 27.7 Å². The lowest BCUT2D eigenvalue weighted by molar-refractivity contribution is -0.121. The summed E-state index contributed by atoms with van der Waals surface area (Å²) < 4.78 is 0. The van der Waals surface area contributed by atoms with Crippen molar-refractivity contribution in [3.8, 4) is 0 Å². The minimum absolute atomic E-state index is 0.0443. The number of thioether (sulfide) groups is 1. The Morgan fingerprint density at radius 2 is 1.89 bits per heavy atom. The molecule has 106 valence electrons. The molecule has 0 heterocycles. The molecule has 1 aromatic rings. The van der Waals surface area contributed by atoms with Gasteiger partial charge in [0, 0.05) is 11.4 Å². The topological polar surface area (TPSA) is 49.3 Å². The number of aliphatic hydroxyl groups excluding tert-OH is 1. The van der Waals surface area contributed by atoms with E-state index < -0.39 is 6.10 Å². The van der Waals surface area contributed by atoms with Gasteiger partial charge in [0.2, 0.25) is 5.91 Å². The third-order valence-corrected chi connectivity index (χ3v) is 4.01. The lowest BCUT2D eigenvalue weighted by Gasteiger charge is -2.26. The third kappa shape index (κ3) is 5.66. The van der Waals surface area contributed by atoms with Crippen molar-refractivity contribution in [2.45, 2.75) is 43.9 Å². The zero-order valence-electron chi connectivity index (χ0n) is 12.0. The van der Waals surface area contributed by atoms with Gasteiger partial charge < -0.3 is 10.4 Å². The standard InChI is InChI=1S/C15H23NO2S/c1-11(19-12-8-6-5-7-9-12)14(18)16-10-13(17)15(2,3)4/h5-9,11,13,17H,10H2,1-4H3,(H,16,18). The molecule has 0 radical (unpaired) electrons. The fourth-order valence-electron chi connectivity index (χ4n) is 1.40. The maximum absolute atomic E-state index is 11.9. The Morgan fingerprint density at radius 3 is 2.42 bits per heavy atom. The number of carbonyl (C=O) groups excluding carboxylic acids is 1. The summed E-state index contributed by atoms with van der Waals surface area (Å²) in [4.78, 5) is 13.0. The van der Waals surface area contributed by atoms with Crippen molar-refractivity contribution in [1.29, 1.82) is 0 Å². The summed E-state index contributed by atoms with van der Waals surface area (Å²) in [7, 11) is 0. The summed E-state index contributed by atoms with van der Waals surface area (Å²) in [5.74, 6) is -0.0443. The molecule has 2 atom stereocenters. The molecule has 0 aromatic heterocycles. The summed E-state index contributed by atoms with van der Waals surface area (Å²) in [6.45, 7) is 8.02. The van der Waals surface area contributed by atoms with E-state index in [1.54, 1.807) is 0 Å². The van der Waals surface area contributed by atoms with Gasteiger partial charge in [-0.15, -0.1) is 11.8 Å². The van der Waals surface area contributed by atoms with Crippen LogP contribution in [0.3, 0.4) is 0 Å². The molecule has 2 N–H and O–H groups in total. The Balaban J connectivity index is 2.41. The highest BCUT2D eigenvalue weighted by atomic mass is 32.2. The molecule has 0 saturated carbocycles. The molecule has 1 rings (SSSR count). The fraction of sp³-hybridized carbons (Fsp3) is 0.533. The van der Waals surface area contributed by atoms with E-state index >= 15 is 0 Å². The first-order chi connectivity index (χ1) is 8.80. The summed E-state index contributed by atoms with van der Waals surface area (Å²) in [5, 5.41) is 12.5. The van der Waals surface area contributed by atoms with E-state index in [4.69, 9.17) is 0 Å². The van der Waals surface area contributed by atoms with E-state index in [0.29, 0.717) is 6.54 Å². The number of hydrogen-bond donors (Lipinski definition) is 2. The molecule has 19 heavy (non-hydrogen) atoms. The monoisotopic (exact) mass is 281 g/mol. The second-order valence-corrected chi connectivity index (χ2v) is 7.11. The van der Waals surface area contributed by atoms with Crippen molar-refractivity contribution in [2.75, 3.05) is 6.54 Å². The molecule has 0 bridgehead atoms. The summed E-state index contributed by atoms with van der Waals surface area (Å²) in [5.41, 5.74) is -0.219. The van der Waals surface area contributed by atoms with Crippen molar-refractivity contribution >= 4 is 17.7 Å². The van der Waals surface area contributed by atoms with E-state index in [-0.39, 0.29) is 16.6 Å². The highest BCUT2D eigenvalue weighted by Crippen LogP contribution is 2.23. The molecule has 3 nitrogen and oxygen atoms in total. The van der Waals surface area contributed by atoms with Crippen LogP contribution >= 0.6 is 11.8 Å². The molecule has 1 aromatic carbocycles. The summed E-state index contributed by atoms with van der Waals surface area (Å²) in [6, 6.07) is 9.83. The van der Waals surface area contributed by atoms with Crippen LogP contribution in [0.4, 0.5) is 0 Å². The number of hydrogen-bond acceptors (Lipinski definition) is 3. The number of benzene rings is 1. The van der Waals surface area contributed by atoms with E-state index in [1.807, 2.05) is 58.0 Å². The van der Waals surface area contributed by atoms with Crippen LogP contribution in [0.5, 0.6) is 0 Å². The molecule has 2 unspecified atom stereocenters. The number of rotatable bonds is 5. The number of nitrogens with one attached hydrogen (secondary N) is 1. The van der Waals surface area contributed by atoms with Gasteiger partial charge in [-0.05, 0) is 24.5 Å². The van der Waals surface area contributed by atoms with Crippen LogP contribution in [0.15, 0.2) is 35.2 Å². The second kappa shape index (κ2) is 6.96. The van der Waals surface area contributed by atoms with Gasteiger partial charge in [0.25, 0.3) is 0 Å².